The number of nitrogens with two attached hydrogens (primary N) is 2. The van der Waals surface area contributed by atoms with Gasteiger partial charge in [-0.25, -0.2) is 0 Å². The first-order valence-corrected chi connectivity index (χ1v) is 13.0. The highest BCUT2D eigenvalue weighted by Crippen LogP contribution is 2.45. The van der Waals surface area contributed by atoms with E-state index in [1.54, 1.807) is 23.9 Å². The molecule has 1 amide bonds. The zero-order chi connectivity index (χ0) is 24.0. The first-order chi connectivity index (χ1) is 16.2. The number of benzene rings is 2. The average Bonchev–Trinajstić information content (AvgIpc) is 3.34. The SMILES string of the molecule is Cc1cccc2c1CC(C[N+]1([O-])c3cc(C(=N)N)ccc3CC1C(=O)NC1CCC(N)CC1)S2. The molecule has 6 N–H and O–H groups in total. The third-order valence-corrected chi connectivity index (χ3v) is 8.99. The molecule has 34 heavy (non-hydrogen) atoms. The van der Waals surface area contributed by atoms with E-state index < -0.39 is 10.7 Å². The quantitative estimate of drug-likeness (QED) is 0.227. The van der Waals surface area contributed by atoms with Crippen LogP contribution in [0.4, 0.5) is 5.69 Å². The summed E-state index contributed by atoms with van der Waals surface area (Å²) in [6, 6.07) is 11.2. The maximum Gasteiger partial charge on any atom is 0.279 e. The van der Waals surface area contributed by atoms with Gasteiger partial charge in [0.2, 0.25) is 0 Å². The number of aryl methyl sites for hydroxylation is 1. The lowest BCUT2D eigenvalue weighted by Gasteiger charge is -2.45. The van der Waals surface area contributed by atoms with Crippen LogP contribution < -0.4 is 21.4 Å². The Morgan fingerprint density at radius 1 is 1.21 bits per heavy atom. The second-order valence-corrected chi connectivity index (χ2v) is 11.4. The Kier molecular flexibility index (Phi) is 6.18. The molecule has 5 rings (SSSR count). The van der Waals surface area contributed by atoms with Crippen molar-refractivity contribution < 1.29 is 4.79 Å². The van der Waals surface area contributed by atoms with Crippen LogP contribution >= 0.6 is 11.8 Å². The number of carbonyl (C=O) groups is 1. The molecule has 0 bridgehead atoms. The van der Waals surface area contributed by atoms with Gasteiger partial charge in [0.05, 0.1) is 11.8 Å². The first kappa shape index (κ1) is 23.4. The second-order valence-electron chi connectivity index (χ2n) is 10.1. The summed E-state index contributed by atoms with van der Waals surface area (Å²) in [5, 5.41) is 25.8. The lowest BCUT2D eigenvalue weighted by atomic mass is 9.91. The summed E-state index contributed by atoms with van der Waals surface area (Å²) in [6.45, 7) is 2.42. The molecule has 1 fully saturated rings. The molecule has 0 radical (unpaired) electrons. The predicted molar refractivity (Wildman–Crippen MR) is 138 cm³/mol. The summed E-state index contributed by atoms with van der Waals surface area (Å²) in [5.41, 5.74) is 16.3. The van der Waals surface area contributed by atoms with E-state index in [0.29, 0.717) is 24.2 Å². The smallest absolute Gasteiger partial charge is 0.279 e. The van der Waals surface area contributed by atoms with Crippen molar-refractivity contribution in [3.63, 3.8) is 0 Å². The third-order valence-electron chi connectivity index (χ3n) is 7.71. The van der Waals surface area contributed by atoms with Gasteiger partial charge in [0.1, 0.15) is 11.5 Å². The Morgan fingerprint density at radius 2 is 1.97 bits per heavy atom. The Bertz CT molecular complexity index is 1130. The fourth-order valence-electron chi connectivity index (χ4n) is 5.75. The Morgan fingerprint density at radius 3 is 2.68 bits per heavy atom. The fourth-order valence-corrected chi connectivity index (χ4v) is 7.20. The minimum Gasteiger partial charge on any atom is -0.627 e. The van der Waals surface area contributed by atoms with Gasteiger partial charge < -0.3 is 26.6 Å². The number of rotatable bonds is 5. The van der Waals surface area contributed by atoms with E-state index in [1.807, 2.05) is 6.07 Å². The molecule has 0 aromatic heterocycles. The number of amidine groups is 1. The third kappa shape index (κ3) is 4.24. The van der Waals surface area contributed by atoms with Gasteiger partial charge in [-0.05, 0) is 56.2 Å². The van der Waals surface area contributed by atoms with Crippen molar-refractivity contribution in [2.75, 3.05) is 6.54 Å². The van der Waals surface area contributed by atoms with Crippen molar-refractivity contribution in [2.24, 2.45) is 11.5 Å². The van der Waals surface area contributed by atoms with Crippen LogP contribution in [0.25, 0.3) is 0 Å². The molecule has 3 atom stereocenters. The Balaban J connectivity index is 1.43. The van der Waals surface area contributed by atoms with E-state index in [-0.39, 0.29) is 29.1 Å². The summed E-state index contributed by atoms with van der Waals surface area (Å²) >= 11 is 1.74. The van der Waals surface area contributed by atoms with Gasteiger partial charge in [-0.1, -0.05) is 24.3 Å². The average molecular weight is 480 g/mol. The highest BCUT2D eigenvalue weighted by molar-refractivity contribution is 8.00. The first-order valence-electron chi connectivity index (χ1n) is 12.1. The van der Waals surface area contributed by atoms with E-state index in [1.165, 1.54) is 16.0 Å². The maximum atomic E-state index is 14.7. The molecule has 1 aliphatic carbocycles. The van der Waals surface area contributed by atoms with E-state index in [9.17, 15) is 10.0 Å². The largest absolute Gasteiger partial charge is 0.627 e. The van der Waals surface area contributed by atoms with E-state index >= 15 is 0 Å². The van der Waals surface area contributed by atoms with Crippen LogP contribution in [0.5, 0.6) is 0 Å². The van der Waals surface area contributed by atoms with Gasteiger partial charge in [-0.2, -0.15) is 0 Å². The summed E-state index contributed by atoms with van der Waals surface area (Å²) in [7, 11) is 0. The van der Waals surface area contributed by atoms with Crippen molar-refractivity contribution in [1.29, 1.82) is 5.41 Å². The van der Waals surface area contributed by atoms with Crippen molar-refractivity contribution in [3.8, 4) is 0 Å². The molecule has 3 unspecified atom stereocenters. The van der Waals surface area contributed by atoms with Crippen LogP contribution in [0.1, 0.15) is 47.9 Å². The number of quaternary nitrogens is 1. The summed E-state index contributed by atoms with van der Waals surface area (Å²) in [4.78, 5) is 14.7. The van der Waals surface area contributed by atoms with Gasteiger partial charge in [0, 0.05) is 40.6 Å². The Labute approximate surface area is 204 Å². The topological polar surface area (TPSA) is 128 Å². The minimum atomic E-state index is -0.738. The summed E-state index contributed by atoms with van der Waals surface area (Å²) in [5.74, 6) is -0.244. The molecule has 0 saturated heterocycles. The van der Waals surface area contributed by atoms with Crippen molar-refractivity contribution in [2.45, 2.75) is 73.7 Å². The summed E-state index contributed by atoms with van der Waals surface area (Å²) < 4.78 is -0.695. The predicted octanol–water partition coefficient (Wildman–Crippen LogP) is 3.11. The number of thioether (sulfide) groups is 1. The Hall–Kier alpha value is -2.39. The van der Waals surface area contributed by atoms with Gasteiger partial charge in [0.25, 0.3) is 5.91 Å². The number of nitrogen functional groups attached to an aromatic ring is 1. The number of nitrogens with one attached hydrogen (secondary N) is 2. The van der Waals surface area contributed by atoms with E-state index in [2.05, 4.69) is 30.4 Å². The van der Waals surface area contributed by atoms with Crippen LogP contribution in [0.15, 0.2) is 41.3 Å². The molecule has 1 saturated carbocycles. The van der Waals surface area contributed by atoms with E-state index in [4.69, 9.17) is 16.9 Å². The molecule has 2 heterocycles. The molecular formula is C26H33N5O2S. The van der Waals surface area contributed by atoms with Gasteiger partial charge in [0.15, 0.2) is 6.04 Å². The molecule has 8 heteroatoms. The number of amides is 1. The molecule has 7 nitrogen and oxygen atoms in total. The summed E-state index contributed by atoms with van der Waals surface area (Å²) in [6.07, 6.45) is 4.72. The monoisotopic (exact) mass is 479 g/mol. The lowest BCUT2D eigenvalue weighted by Crippen LogP contribution is -2.60. The zero-order valence-corrected chi connectivity index (χ0v) is 20.4. The number of hydroxylamine groups is 2. The van der Waals surface area contributed by atoms with Crippen molar-refractivity contribution >= 4 is 29.2 Å². The lowest BCUT2D eigenvalue weighted by molar-refractivity contribution is -0.125. The second kappa shape index (κ2) is 9.00. The number of carbonyl (C=O) groups excluding carboxylic acids is 1. The van der Waals surface area contributed by atoms with Crippen molar-refractivity contribution in [3.05, 3.63) is 63.9 Å². The molecule has 2 aromatic rings. The van der Waals surface area contributed by atoms with Crippen LogP contribution in [0.3, 0.4) is 0 Å². The van der Waals surface area contributed by atoms with Crippen LogP contribution in [-0.4, -0.2) is 41.7 Å². The van der Waals surface area contributed by atoms with Gasteiger partial charge in [-0.3, -0.25) is 10.2 Å². The standard InChI is InChI=1S/C26H33N5O2S/c1-15-3-2-4-24-21(15)13-20(34-24)14-31(33)22-12-17(25(28)29)6-5-16(22)11-23(31)26(32)30-19-9-7-18(27)8-10-19/h2-6,12,18-20,23H,7-11,13-14,27H2,1H3,(H3,28,29)(H,30,32). The van der Waals surface area contributed by atoms with Crippen molar-refractivity contribution in [1.82, 2.24) is 9.96 Å². The molecule has 3 aliphatic rings. The minimum absolute atomic E-state index is 0.0703. The number of hydrogen-bond donors (Lipinski definition) is 4. The molecule has 2 aromatic carbocycles. The highest BCUT2D eigenvalue weighted by atomic mass is 32.2. The number of nitrogens with zero attached hydrogens (tertiary/aromatic N) is 1. The number of fused-ring (bicyclic) bond motifs is 2. The zero-order valence-electron chi connectivity index (χ0n) is 19.5. The number of hydrogen-bond acceptors (Lipinski definition) is 5. The molecule has 2 aliphatic heterocycles. The molecule has 180 valence electrons. The van der Waals surface area contributed by atoms with E-state index in [0.717, 1.165) is 37.7 Å². The van der Waals surface area contributed by atoms with Crippen LogP contribution in [0, 0.1) is 17.5 Å². The van der Waals surface area contributed by atoms with Crippen LogP contribution in [-0.2, 0) is 17.6 Å². The molecular weight excluding hydrogens is 446 g/mol. The maximum absolute atomic E-state index is 14.7. The molecule has 0 spiro atoms. The normalized spacial score (nSPS) is 30.0. The highest BCUT2D eigenvalue weighted by Gasteiger charge is 2.47. The fraction of sp³-hybridized carbons (Fsp3) is 0.462. The van der Waals surface area contributed by atoms with Gasteiger partial charge in [-0.15, -0.1) is 11.8 Å². The van der Waals surface area contributed by atoms with Crippen LogP contribution in [0.2, 0.25) is 0 Å². The van der Waals surface area contributed by atoms with Gasteiger partial charge >= 0.3 is 0 Å².